The minimum atomic E-state index is -0.775. The third-order valence-corrected chi connectivity index (χ3v) is 4.93. The number of carboxylic acids is 1. The van der Waals surface area contributed by atoms with Crippen molar-refractivity contribution in [2.24, 2.45) is 11.8 Å². The first kappa shape index (κ1) is 19.7. The summed E-state index contributed by atoms with van der Waals surface area (Å²) in [7, 11) is 0. The van der Waals surface area contributed by atoms with E-state index in [4.69, 9.17) is 9.84 Å². The molecule has 2 aliphatic rings. The number of fused-ring (bicyclic) bond motifs is 1. The van der Waals surface area contributed by atoms with Crippen LogP contribution in [0.3, 0.4) is 0 Å². The van der Waals surface area contributed by atoms with Crippen LogP contribution >= 0.6 is 0 Å². The van der Waals surface area contributed by atoms with Crippen LogP contribution < -0.4 is 0 Å². The molecule has 1 aliphatic heterocycles. The van der Waals surface area contributed by atoms with Gasteiger partial charge >= 0.3 is 5.97 Å². The summed E-state index contributed by atoms with van der Waals surface area (Å²) in [6.45, 7) is 2.06. The molecular formula is C20H30O5. The quantitative estimate of drug-likeness (QED) is 0.439. The van der Waals surface area contributed by atoms with Gasteiger partial charge in [-0.05, 0) is 31.8 Å². The van der Waals surface area contributed by atoms with Gasteiger partial charge < -0.3 is 20.1 Å². The highest BCUT2D eigenvalue weighted by Gasteiger charge is 2.46. The van der Waals surface area contributed by atoms with E-state index in [1.54, 1.807) is 6.08 Å². The van der Waals surface area contributed by atoms with Gasteiger partial charge in [-0.15, -0.1) is 0 Å². The molecule has 140 valence electrons. The monoisotopic (exact) mass is 350 g/mol. The Kier molecular flexibility index (Phi) is 7.72. The van der Waals surface area contributed by atoms with Gasteiger partial charge in [0.1, 0.15) is 6.10 Å². The molecule has 3 N–H and O–H groups in total. The van der Waals surface area contributed by atoms with E-state index in [-0.39, 0.29) is 24.4 Å². The predicted molar refractivity (Wildman–Crippen MR) is 95.9 cm³/mol. The average Bonchev–Trinajstić information content (AvgIpc) is 3.06. The first-order valence-corrected chi connectivity index (χ1v) is 9.28. The summed E-state index contributed by atoms with van der Waals surface area (Å²) >= 11 is 0. The molecule has 1 saturated heterocycles. The number of aliphatic hydroxyl groups excluding tert-OH is 2. The molecule has 2 fully saturated rings. The summed E-state index contributed by atoms with van der Waals surface area (Å²) in [6, 6.07) is 0. The fourth-order valence-corrected chi connectivity index (χ4v) is 3.64. The first-order chi connectivity index (χ1) is 12.0. The van der Waals surface area contributed by atoms with E-state index in [0.717, 1.165) is 18.6 Å². The Morgan fingerprint density at radius 1 is 1.40 bits per heavy atom. The van der Waals surface area contributed by atoms with Crippen molar-refractivity contribution in [2.75, 3.05) is 0 Å². The molecule has 0 radical (unpaired) electrons. The third kappa shape index (κ3) is 6.01. The summed E-state index contributed by atoms with van der Waals surface area (Å²) in [5.74, 6) is 0.371. The van der Waals surface area contributed by atoms with Crippen molar-refractivity contribution < 1.29 is 24.9 Å². The predicted octanol–water partition coefficient (Wildman–Crippen LogP) is 3.18. The van der Waals surface area contributed by atoms with E-state index in [9.17, 15) is 15.0 Å². The molecule has 5 heteroatoms. The highest BCUT2D eigenvalue weighted by molar-refractivity contribution is 5.66. The minimum absolute atomic E-state index is 0.000255. The van der Waals surface area contributed by atoms with Crippen molar-refractivity contribution in [3.05, 3.63) is 36.1 Å². The van der Waals surface area contributed by atoms with E-state index in [1.807, 2.05) is 24.3 Å². The molecule has 5 atom stereocenters. The van der Waals surface area contributed by atoms with Crippen molar-refractivity contribution in [1.29, 1.82) is 0 Å². The third-order valence-electron chi connectivity index (χ3n) is 4.93. The van der Waals surface area contributed by atoms with Crippen LogP contribution in [-0.4, -0.2) is 39.6 Å². The highest BCUT2D eigenvalue weighted by Crippen LogP contribution is 2.45. The van der Waals surface area contributed by atoms with Gasteiger partial charge in [0.15, 0.2) is 0 Å². The lowest BCUT2D eigenvalue weighted by Gasteiger charge is -2.15. The molecule has 0 aromatic carbocycles. The number of carbonyl (C=O) groups is 1. The molecule has 0 amide bonds. The topological polar surface area (TPSA) is 87.0 Å². The number of aliphatic carboxylic acids is 1. The normalized spacial score (nSPS) is 31.7. The lowest BCUT2D eigenvalue weighted by atomic mass is 9.90. The molecule has 1 aliphatic carbocycles. The maximum atomic E-state index is 10.5. The van der Waals surface area contributed by atoms with Crippen LogP contribution in [0.5, 0.6) is 0 Å². The van der Waals surface area contributed by atoms with E-state index in [0.29, 0.717) is 25.7 Å². The molecule has 0 spiro atoms. The smallest absolute Gasteiger partial charge is 0.303 e. The second-order valence-corrected chi connectivity index (χ2v) is 6.93. The van der Waals surface area contributed by atoms with E-state index in [2.05, 4.69) is 6.92 Å². The molecule has 2 rings (SSSR count). The Morgan fingerprint density at radius 3 is 2.92 bits per heavy atom. The second kappa shape index (κ2) is 9.78. The molecule has 0 aromatic heterocycles. The SMILES string of the molecule is CC/C=C/C[C@H](O)/C=C/[C@@H]1[C@H]2C/C(=C\CCCC(=O)O)O[C@H]2C[C@H]1O. The van der Waals surface area contributed by atoms with Crippen molar-refractivity contribution in [3.63, 3.8) is 0 Å². The second-order valence-electron chi connectivity index (χ2n) is 6.93. The van der Waals surface area contributed by atoms with Gasteiger partial charge in [-0.3, -0.25) is 4.79 Å². The maximum absolute atomic E-state index is 10.5. The van der Waals surface area contributed by atoms with Gasteiger partial charge in [-0.25, -0.2) is 0 Å². The molecule has 0 bridgehead atoms. The average molecular weight is 350 g/mol. The van der Waals surface area contributed by atoms with Gasteiger partial charge in [0.25, 0.3) is 0 Å². The van der Waals surface area contributed by atoms with Crippen molar-refractivity contribution in [1.82, 2.24) is 0 Å². The zero-order valence-corrected chi connectivity index (χ0v) is 14.9. The minimum Gasteiger partial charge on any atom is -0.495 e. The maximum Gasteiger partial charge on any atom is 0.303 e. The number of aliphatic hydroxyl groups is 2. The van der Waals surface area contributed by atoms with E-state index < -0.39 is 18.2 Å². The fourth-order valence-electron chi connectivity index (χ4n) is 3.64. The number of hydrogen-bond acceptors (Lipinski definition) is 4. The Balaban J connectivity index is 1.86. The summed E-state index contributed by atoms with van der Waals surface area (Å²) in [4.78, 5) is 10.5. The Hall–Kier alpha value is -1.59. The van der Waals surface area contributed by atoms with Crippen LogP contribution in [-0.2, 0) is 9.53 Å². The van der Waals surface area contributed by atoms with Crippen molar-refractivity contribution in [2.45, 2.75) is 70.2 Å². The van der Waals surface area contributed by atoms with Crippen molar-refractivity contribution >= 4 is 5.97 Å². The van der Waals surface area contributed by atoms with Gasteiger partial charge in [0.2, 0.25) is 0 Å². The summed E-state index contributed by atoms with van der Waals surface area (Å²) in [5, 5.41) is 28.9. The molecule has 5 nitrogen and oxygen atoms in total. The Morgan fingerprint density at radius 2 is 2.20 bits per heavy atom. The van der Waals surface area contributed by atoms with Crippen LogP contribution in [0.4, 0.5) is 0 Å². The lowest BCUT2D eigenvalue weighted by Crippen LogP contribution is -2.17. The summed E-state index contributed by atoms with van der Waals surface area (Å²) in [6.07, 6.45) is 13.2. The fraction of sp³-hybridized carbons (Fsp3) is 0.650. The number of rotatable bonds is 9. The zero-order chi connectivity index (χ0) is 18.2. The standard InChI is InChI=1S/C20H30O5/c1-2-3-4-7-14(21)10-11-16-17-12-15(8-5-6-9-20(23)24)25-19(17)13-18(16)22/h3-4,8,10-11,14,16-19,21-22H,2,5-7,9,12-13H2,1H3,(H,23,24)/b4-3+,11-10+,15-8+/t14-,16+,17+,18+,19-/m0/s1. The number of ether oxygens (including phenoxy) is 1. The first-order valence-electron chi connectivity index (χ1n) is 9.28. The van der Waals surface area contributed by atoms with E-state index in [1.165, 1.54) is 0 Å². The summed E-state index contributed by atoms with van der Waals surface area (Å²) in [5.41, 5.74) is 0. The Bertz CT molecular complexity index is 522. The molecule has 0 aromatic rings. The molecule has 1 heterocycles. The van der Waals surface area contributed by atoms with Crippen LogP contribution in [0.15, 0.2) is 36.1 Å². The van der Waals surface area contributed by atoms with Gasteiger partial charge in [0.05, 0.1) is 18.0 Å². The van der Waals surface area contributed by atoms with Crippen molar-refractivity contribution in [3.8, 4) is 0 Å². The zero-order valence-electron chi connectivity index (χ0n) is 14.9. The number of unbranched alkanes of at least 4 members (excludes halogenated alkanes) is 1. The molecule has 25 heavy (non-hydrogen) atoms. The lowest BCUT2D eigenvalue weighted by molar-refractivity contribution is -0.137. The van der Waals surface area contributed by atoms with Gasteiger partial charge in [0, 0.05) is 31.1 Å². The molecule has 1 saturated carbocycles. The number of hydrogen-bond donors (Lipinski definition) is 3. The molecule has 0 unspecified atom stereocenters. The Labute approximate surface area is 149 Å². The number of allylic oxidation sites excluding steroid dienone is 3. The van der Waals surface area contributed by atoms with Crippen LogP contribution in [0, 0.1) is 11.8 Å². The van der Waals surface area contributed by atoms with Crippen LogP contribution in [0.1, 0.15) is 51.9 Å². The van der Waals surface area contributed by atoms with Gasteiger partial charge in [-0.2, -0.15) is 0 Å². The van der Waals surface area contributed by atoms with Gasteiger partial charge in [-0.1, -0.05) is 31.2 Å². The summed E-state index contributed by atoms with van der Waals surface area (Å²) < 4.78 is 5.93. The number of carboxylic acid groups (broad SMARTS) is 1. The molecular weight excluding hydrogens is 320 g/mol. The highest BCUT2D eigenvalue weighted by atomic mass is 16.5. The van der Waals surface area contributed by atoms with Crippen LogP contribution in [0.2, 0.25) is 0 Å². The largest absolute Gasteiger partial charge is 0.495 e. The van der Waals surface area contributed by atoms with E-state index >= 15 is 0 Å². The van der Waals surface area contributed by atoms with Crippen LogP contribution in [0.25, 0.3) is 0 Å².